The third-order valence-corrected chi connectivity index (χ3v) is 11.5. The first-order valence-corrected chi connectivity index (χ1v) is 20.8. The van der Waals surface area contributed by atoms with E-state index in [0.717, 1.165) is 111 Å². The van der Waals surface area contributed by atoms with Crippen molar-refractivity contribution in [2.75, 3.05) is 4.90 Å². The van der Waals surface area contributed by atoms with E-state index in [1.807, 2.05) is 66.8 Å². The summed E-state index contributed by atoms with van der Waals surface area (Å²) in [6, 6.07) is 65.4. The van der Waals surface area contributed by atoms with Crippen LogP contribution in [0.15, 0.2) is 232 Å². The molecule has 0 aliphatic heterocycles. The second-order valence-electron chi connectivity index (χ2n) is 15.3. The molecule has 0 bridgehead atoms. The molecular formula is C58H39NO3. The van der Waals surface area contributed by atoms with Gasteiger partial charge in [-0.2, -0.15) is 0 Å². The summed E-state index contributed by atoms with van der Waals surface area (Å²) in [4.78, 5) is 2.32. The third kappa shape index (κ3) is 6.70. The van der Waals surface area contributed by atoms with Gasteiger partial charge in [-0.3, -0.25) is 0 Å². The van der Waals surface area contributed by atoms with Crippen LogP contribution < -0.4 is 4.90 Å². The first-order valence-electron chi connectivity index (χ1n) is 20.8. The van der Waals surface area contributed by atoms with Crippen molar-refractivity contribution in [2.45, 2.75) is 0 Å². The van der Waals surface area contributed by atoms with Gasteiger partial charge in [-0.1, -0.05) is 164 Å². The molecule has 0 amide bonds. The highest BCUT2D eigenvalue weighted by Crippen LogP contribution is 2.44. The molecule has 3 heterocycles. The summed E-state index contributed by atoms with van der Waals surface area (Å²) in [7, 11) is 0. The number of furan rings is 3. The van der Waals surface area contributed by atoms with Crippen molar-refractivity contribution in [1.29, 1.82) is 0 Å². The predicted octanol–water partition coefficient (Wildman–Crippen LogP) is 16.7. The molecule has 11 rings (SSSR count). The third-order valence-electron chi connectivity index (χ3n) is 11.5. The van der Waals surface area contributed by atoms with Crippen LogP contribution >= 0.6 is 0 Å². The number of benzene rings is 8. The monoisotopic (exact) mass is 797 g/mol. The molecule has 11 aromatic rings. The highest BCUT2D eigenvalue weighted by atomic mass is 16.3. The lowest BCUT2D eigenvalue weighted by Crippen LogP contribution is -2.12. The zero-order chi connectivity index (χ0) is 41.4. The van der Waals surface area contributed by atoms with Gasteiger partial charge in [0.1, 0.15) is 33.9 Å². The smallest absolute Gasteiger partial charge is 0.142 e. The average Bonchev–Trinajstić information content (AvgIpc) is 4.06. The van der Waals surface area contributed by atoms with Crippen LogP contribution in [0.2, 0.25) is 0 Å². The average molecular weight is 798 g/mol. The van der Waals surface area contributed by atoms with Crippen molar-refractivity contribution in [3.05, 3.63) is 242 Å². The number of allylic oxidation sites excluding steroid dienone is 4. The maximum atomic E-state index is 6.77. The maximum Gasteiger partial charge on any atom is 0.142 e. The highest BCUT2D eigenvalue weighted by Gasteiger charge is 2.22. The molecule has 0 aliphatic rings. The van der Waals surface area contributed by atoms with E-state index in [2.05, 4.69) is 169 Å². The van der Waals surface area contributed by atoms with Crippen molar-refractivity contribution < 1.29 is 13.3 Å². The molecule has 0 fully saturated rings. The highest BCUT2D eigenvalue weighted by molar-refractivity contribution is 6.12. The van der Waals surface area contributed by atoms with E-state index in [4.69, 9.17) is 13.3 Å². The summed E-state index contributed by atoms with van der Waals surface area (Å²) in [6.07, 6.45) is 12.0. The Labute approximate surface area is 358 Å². The molecule has 0 radical (unpaired) electrons. The summed E-state index contributed by atoms with van der Waals surface area (Å²) in [5.74, 6) is 1.60. The Balaban J connectivity index is 0.996. The van der Waals surface area contributed by atoms with Crippen LogP contribution in [0.3, 0.4) is 0 Å². The molecule has 0 spiro atoms. The Kier molecular flexibility index (Phi) is 9.29. The van der Waals surface area contributed by atoms with Gasteiger partial charge in [0.2, 0.25) is 0 Å². The molecule has 0 saturated carbocycles. The number of para-hydroxylation sites is 3. The molecule has 4 heteroatoms. The van der Waals surface area contributed by atoms with Crippen LogP contribution in [0, 0.1) is 0 Å². The number of hydrogen-bond donors (Lipinski definition) is 0. The molecule has 294 valence electrons. The van der Waals surface area contributed by atoms with Gasteiger partial charge in [0.25, 0.3) is 0 Å². The fraction of sp³-hybridized carbons (Fsp3) is 0. The Morgan fingerprint density at radius 1 is 0.500 bits per heavy atom. The lowest BCUT2D eigenvalue weighted by molar-refractivity contribution is 0.603. The molecule has 62 heavy (non-hydrogen) atoms. The molecular weight excluding hydrogens is 759 g/mol. The Morgan fingerprint density at radius 3 is 2.00 bits per heavy atom. The minimum atomic E-state index is 0.774. The fourth-order valence-corrected chi connectivity index (χ4v) is 8.59. The number of anilines is 3. The Morgan fingerprint density at radius 2 is 1.18 bits per heavy atom. The van der Waals surface area contributed by atoms with Gasteiger partial charge in [0.15, 0.2) is 0 Å². The molecule has 0 atom stereocenters. The van der Waals surface area contributed by atoms with E-state index < -0.39 is 0 Å². The van der Waals surface area contributed by atoms with Crippen LogP contribution in [0.25, 0.3) is 83.5 Å². The minimum absolute atomic E-state index is 0.774. The number of nitrogens with zero attached hydrogens (tertiary/aromatic N) is 1. The maximum absolute atomic E-state index is 6.77. The largest absolute Gasteiger partial charge is 0.457 e. The van der Waals surface area contributed by atoms with Crippen LogP contribution in [0.1, 0.15) is 22.6 Å². The number of hydrogen-bond acceptors (Lipinski definition) is 4. The molecule has 0 N–H and O–H groups in total. The van der Waals surface area contributed by atoms with E-state index >= 15 is 0 Å². The van der Waals surface area contributed by atoms with Crippen LogP contribution in [0.4, 0.5) is 17.1 Å². The van der Waals surface area contributed by atoms with E-state index in [1.165, 1.54) is 0 Å². The second-order valence-corrected chi connectivity index (χ2v) is 15.3. The summed E-state index contributed by atoms with van der Waals surface area (Å²) in [5, 5.41) is 6.60. The number of rotatable bonds is 10. The van der Waals surface area contributed by atoms with Crippen molar-refractivity contribution >= 4 is 89.4 Å². The van der Waals surface area contributed by atoms with Gasteiger partial charge in [-0.25, -0.2) is 0 Å². The summed E-state index contributed by atoms with van der Waals surface area (Å²) in [6.45, 7) is 4.13. The van der Waals surface area contributed by atoms with Gasteiger partial charge in [0, 0.05) is 49.4 Å². The lowest BCUT2D eigenvalue weighted by Gasteiger charge is -2.28. The SMILES string of the molecule is C=C/C=C(\c1cc2ccc3ccccc3c2o1)c1ccccc1N(c1ccc(/C=C/C=C\c2cc3ccccc3o2)cc1)c1ccc(-c2cccc3oc4ccccc4c23)cc1. The van der Waals surface area contributed by atoms with Crippen molar-refractivity contribution in [2.24, 2.45) is 0 Å². The van der Waals surface area contributed by atoms with Crippen molar-refractivity contribution in [3.63, 3.8) is 0 Å². The minimum Gasteiger partial charge on any atom is -0.457 e. The quantitative estimate of drug-likeness (QED) is 0.129. The van der Waals surface area contributed by atoms with Gasteiger partial charge in [0.05, 0.1) is 5.69 Å². The second kappa shape index (κ2) is 15.7. The summed E-state index contributed by atoms with van der Waals surface area (Å²) < 4.78 is 19.0. The first-order chi connectivity index (χ1) is 30.7. The van der Waals surface area contributed by atoms with Crippen LogP contribution in [-0.2, 0) is 0 Å². The van der Waals surface area contributed by atoms with Gasteiger partial charge in [-0.05, 0) is 88.8 Å². The topological polar surface area (TPSA) is 42.7 Å². The van der Waals surface area contributed by atoms with E-state index in [0.29, 0.717) is 0 Å². The van der Waals surface area contributed by atoms with E-state index in [-0.39, 0.29) is 0 Å². The molecule has 8 aromatic carbocycles. The zero-order valence-corrected chi connectivity index (χ0v) is 33.7. The molecule has 0 unspecified atom stereocenters. The molecule has 3 aromatic heterocycles. The van der Waals surface area contributed by atoms with Gasteiger partial charge >= 0.3 is 0 Å². The van der Waals surface area contributed by atoms with Crippen molar-refractivity contribution in [3.8, 4) is 11.1 Å². The molecule has 4 nitrogen and oxygen atoms in total. The zero-order valence-electron chi connectivity index (χ0n) is 33.7. The van der Waals surface area contributed by atoms with E-state index in [1.54, 1.807) is 0 Å². The van der Waals surface area contributed by atoms with Gasteiger partial charge < -0.3 is 18.2 Å². The van der Waals surface area contributed by atoms with Crippen LogP contribution in [0.5, 0.6) is 0 Å². The standard InChI is InChI=1S/C58H39NO3/c1-2-14-50(56-38-43-30-29-40-16-4-7-19-48(40)58(43)62-56)49-20-8-10-23-52(49)59(44-33-27-39(28-34-44)15-3-6-18-46-37-42-17-5-11-24-53(42)60-46)45-35-31-41(32-36-45)47-22-13-26-55-57(47)51-21-9-12-25-54(51)61-55/h2-38H,1H2/b15-3+,18-6-,50-14-. The Bertz CT molecular complexity index is 3500. The molecule has 0 saturated heterocycles. The molecule has 0 aliphatic carbocycles. The predicted molar refractivity (Wildman–Crippen MR) is 259 cm³/mol. The van der Waals surface area contributed by atoms with E-state index in [9.17, 15) is 0 Å². The fourth-order valence-electron chi connectivity index (χ4n) is 8.59. The summed E-state index contributed by atoms with van der Waals surface area (Å²) >= 11 is 0. The Hall–Kier alpha value is -8.34. The lowest BCUT2D eigenvalue weighted by atomic mass is 9.97. The first kappa shape index (κ1) is 36.7. The van der Waals surface area contributed by atoms with Gasteiger partial charge in [-0.15, -0.1) is 0 Å². The van der Waals surface area contributed by atoms with Crippen LogP contribution in [-0.4, -0.2) is 0 Å². The van der Waals surface area contributed by atoms with Crippen molar-refractivity contribution in [1.82, 2.24) is 0 Å². The number of fused-ring (bicyclic) bond motifs is 7. The summed E-state index contributed by atoms with van der Waals surface area (Å²) in [5.41, 5.74) is 11.8. The normalized spacial score (nSPS) is 12.2.